The first-order valence-electron chi connectivity index (χ1n) is 7.74. The van der Waals surface area contributed by atoms with Crippen LogP contribution in [0.1, 0.15) is 74.7 Å². The summed E-state index contributed by atoms with van der Waals surface area (Å²) in [6.45, 7) is 17.3. The van der Waals surface area contributed by atoms with Crippen LogP contribution in [0, 0.1) is 0 Å². The maximum Gasteiger partial charge on any atom is 0.146 e. The molecular formula is C16H36N2O. The third-order valence-electron chi connectivity index (χ3n) is 2.57. The molecule has 1 atom stereocenters. The maximum atomic E-state index is 11.5. The number of carbonyl (C=O) groups excluding carboxylic acids is 1. The van der Waals surface area contributed by atoms with Gasteiger partial charge < -0.3 is 10.6 Å². The van der Waals surface area contributed by atoms with Crippen LogP contribution in [0.5, 0.6) is 0 Å². The third-order valence-corrected chi connectivity index (χ3v) is 2.57. The molecular weight excluding hydrogens is 236 g/mol. The second-order valence-electron chi connectivity index (χ2n) is 6.16. The highest BCUT2D eigenvalue weighted by Gasteiger charge is 2.20. The molecule has 3 nitrogen and oxygen atoms in total. The van der Waals surface area contributed by atoms with Gasteiger partial charge in [-0.25, -0.2) is 0 Å². The normalized spacial score (nSPS) is 12.9. The summed E-state index contributed by atoms with van der Waals surface area (Å²) in [4.78, 5) is 11.5. The molecule has 0 radical (unpaired) electrons. The molecule has 2 N–H and O–H groups in total. The monoisotopic (exact) mass is 272 g/mol. The van der Waals surface area contributed by atoms with Crippen LogP contribution in [0.4, 0.5) is 0 Å². The summed E-state index contributed by atoms with van der Waals surface area (Å²) < 4.78 is 0. The quantitative estimate of drug-likeness (QED) is 0.664. The van der Waals surface area contributed by atoms with E-state index in [1.54, 1.807) is 6.92 Å². The molecule has 3 heteroatoms. The Kier molecular flexibility index (Phi) is 12.6. The highest BCUT2D eigenvalue weighted by Crippen LogP contribution is 2.08. The van der Waals surface area contributed by atoms with Crippen LogP contribution >= 0.6 is 0 Å². The Morgan fingerprint density at radius 2 is 1.63 bits per heavy atom. The van der Waals surface area contributed by atoms with E-state index in [0.29, 0.717) is 6.04 Å². The van der Waals surface area contributed by atoms with Crippen molar-refractivity contribution in [3.8, 4) is 0 Å². The number of unbranched alkanes of at least 4 members (excludes halogenated alkanes) is 1. The van der Waals surface area contributed by atoms with Gasteiger partial charge in [-0.2, -0.15) is 0 Å². The predicted octanol–water partition coefficient (Wildman–Crippen LogP) is 3.53. The SMILES string of the molecule is CC.CC(=O)C(CCCCNC(C)C)NC(C)(C)C. The number of rotatable bonds is 8. The van der Waals surface area contributed by atoms with Crippen LogP contribution in [-0.2, 0) is 4.79 Å². The van der Waals surface area contributed by atoms with Gasteiger partial charge in [0.05, 0.1) is 6.04 Å². The van der Waals surface area contributed by atoms with Gasteiger partial charge >= 0.3 is 0 Å². The van der Waals surface area contributed by atoms with E-state index in [0.717, 1.165) is 25.8 Å². The molecule has 0 aliphatic carbocycles. The van der Waals surface area contributed by atoms with Crippen LogP contribution in [0.25, 0.3) is 0 Å². The average molecular weight is 272 g/mol. The first kappa shape index (κ1) is 20.9. The lowest BCUT2D eigenvalue weighted by Gasteiger charge is -2.27. The molecule has 0 rings (SSSR count). The Bertz CT molecular complexity index is 219. The highest BCUT2D eigenvalue weighted by atomic mass is 16.1. The lowest BCUT2D eigenvalue weighted by molar-refractivity contribution is -0.119. The standard InChI is InChI=1S/C14H30N2O.C2H6/c1-11(2)15-10-8-7-9-13(12(3)17)16-14(4,5)6;1-2/h11,13,15-16H,7-10H2,1-6H3;1-2H3. The van der Waals surface area contributed by atoms with Crippen molar-refractivity contribution in [1.29, 1.82) is 0 Å². The number of ketones is 1. The highest BCUT2D eigenvalue weighted by molar-refractivity contribution is 5.81. The fraction of sp³-hybridized carbons (Fsp3) is 0.938. The van der Waals surface area contributed by atoms with Crippen molar-refractivity contribution in [1.82, 2.24) is 10.6 Å². The minimum atomic E-state index is 0.00647. The molecule has 0 spiro atoms. The lowest BCUT2D eigenvalue weighted by Crippen LogP contribution is -2.47. The molecule has 0 fully saturated rings. The summed E-state index contributed by atoms with van der Waals surface area (Å²) in [5.41, 5.74) is 0.00647. The number of hydrogen-bond acceptors (Lipinski definition) is 3. The Balaban J connectivity index is 0. The zero-order valence-corrected chi connectivity index (χ0v) is 14.4. The van der Waals surface area contributed by atoms with Gasteiger partial charge in [-0.15, -0.1) is 0 Å². The van der Waals surface area contributed by atoms with E-state index < -0.39 is 0 Å². The van der Waals surface area contributed by atoms with Crippen LogP contribution in [0.2, 0.25) is 0 Å². The molecule has 0 aromatic carbocycles. The molecule has 19 heavy (non-hydrogen) atoms. The summed E-state index contributed by atoms with van der Waals surface area (Å²) in [6.07, 6.45) is 3.16. The van der Waals surface area contributed by atoms with E-state index in [4.69, 9.17) is 0 Å². The molecule has 0 amide bonds. The molecule has 0 aromatic heterocycles. The topological polar surface area (TPSA) is 41.1 Å². The maximum absolute atomic E-state index is 11.5. The molecule has 0 heterocycles. The van der Waals surface area contributed by atoms with Crippen molar-refractivity contribution in [3.63, 3.8) is 0 Å². The first-order valence-corrected chi connectivity index (χ1v) is 7.74. The number of nitrogens with one attached hydrogen (secondary N) is 2. The van der Waals surface area contributed by atoms with Crippen molar-refractivity contribution >= 4 is 5.78 Å². The van der Waals surface area contributed by atoms with Gasteiger partial charge in [-0.1, -0.05) is 34.1 Å². The van der Waals surface area contributed by atoms with Crippen molar-refractivity contribution in [2.45, 2.75) is 92.3 Å². The molecule has 1 unspecified atom stereocenters. The first-order chi connectivity index (χ1) is 8.72. The van der Waals surface area contributed by atoms with E-state index in [1.165, 1.54) is 0 Å². The van der Waals surface area contributed by atoms with Gasteiger partial charge in [0.2, 0.25) is 0 Å². The fourth-order valence-electron chi connectivity index (χ4n) is 1.76. The third kappa shape index (κ3) is 15.5. The number of carbonyl (C=O) groups is 1. The smallest absolute Gasteiger partial charge is 0.146 e. The molecule has 0 saturated carbocycles. The number of Topliss-reactive ketones (excluding diaryl/α,β-unsaturated/α-hetero) is 1. The van der Waals surface area contributed by atoms with Crippen molar-refractivity contribution in [3.05, 3.63) is 0 Å². The number of hydrogen-bond donors (Lipinski definition) is 2. The minimum Gasteiger partial charge on any atom is -0.315 e. The van der Waals surface area contributed by atoms with Gasteiger partial charge in [0.25, 0.3) is 0 Å². The van der Waals surface area contributed by atoms with Crippen LogP contribution < -0.4 is 10.6 Å². The van der Waals surface area contributed by atoms with Crippen molar-refractivity contribution in [2.24, 2.45) is 0 Å². The van der Waals surface area contributed by atoms with Gasteiger partial charge in [0.15, 0.2) is 0 Å². The van der Waals surface area contributed by atoms with Gasteiger partial charge in [-0.05, 0) is 47.1 Å². The van der Waals surface area contributed by atoms with E-state index in [1.807, 2.05) is 13.8 Å². The van der Waals surface area contributed by atoms with Crippen molar-refractivity contribution < 1.29 is 4.79 Å². The predicted molar refractivity (Wildman–Crippen MR) is 85.7 cm³/mol. The summed E-state index contributed by atoms with van der Waals surface area (Å²) in [5, 5.41) is 6.78. The summed E-state index contributed by atoms with van der Waals surface area (Å²) >= 11 is 0. The summed E-state index contributed by atoms with van der Waals surface area (Å²) in [6, 6.07) is 0.556. The summed E-state index contributed by atoms with van der Waals surface area (Å²) in [7, 11) is 0. The van der Waals surface area contributed by atoms with Crippen molar-refractivity contribution in [2.75, 3.05) is 6.54 Å². The summed E-state index contributed by atoms with van der Waals surface area (Å²) in [5.74, 6) is 0.247. The largest absolute Gasteiger partial charge is 0.315 e. The zero-order valence-electron chi connectivity index (χ0n) is 14.4. The van der Waals surface area contributed by atoms with Gasteiger partial charge in [-0.3, -0.25) is 4.79 Å². The van der Waals surface area contributed by atoms with Gasteiger partial charge in [0, 0.05) is 11.6 Å². The Labute approximate surface area is 120 Å². The molecule has 0 bridgehead atoms. The van der Waals surface area contributed by atoms with E-state index in [2.05, 4.69) is 45.3 Å². The average Bonchev–Trinajstić information content (AvgIpc) is 2.27. The Morgan fingerprint density at radius 3 is 2.00 bits per heavy atom. The minimum absolute atomic E-state index is 0.00647. The van der Waals surface area contributed by atoms with Crippen LogP contribution in [-0.4, -0.2) is 30.0 Å². The Hall–Kier alpha value is -0.410. The molecule has 0 aliphatic rings. The van der Waals surface area contributed by atoms with E-state index in [-0.39, 0.29) is 17.4 Å². The second-order valence-corrected chi connectivity index (χ2v) is 6.16. The zero-order chi connectivity index (χ0) is 15.5. The second kappa shape index (κ2) is 11.4. The van der Waals surface area contributed by atoms with Crippen LogP contribution in [0.3, 0.4) is 0 Å². The van der Waals surface area contributed by atoms with Gasteiger partial charge in [0.1, 0.15) is 5.78 Å². The molecule has 0 saturated heterocycles. The van der Waals surface area contributed by atoms with Crippen LogP contribution in [0.15, 0.2) is 0 Å². The molecule has 0 aliphatic heterocycles. The Morgan fingerprint density at radius 1 is 1.11 bits per heavy atom. The van der Waals surface area contributed by atoms with E-state index in [9.17, 15) is 4.79 Å². The van der Waals surface area contributed by atoms with E-state index >= 15 is 0 Å². The molecule has 116 valence electrons. The fourth-order valence-corrected chi connectivity index (χ4v) is 1.76. The lowest BCUT2D eigenvalue weighted by atomic mass is 10.0. The molecule has 0 aromatic rings.